The number of hydrogen-bond donors (Lipinski definition) is 5. The molecule has 29 heavy (non-hydrogen) atoms. The van der Waals surface area contributed by atoms with Crippen molar-refractivity contribution in [3.05, 3.63) is 48.3 Å². The lowest BCUT2D eigenvalue weighted by atomic mass is 10.1. The Morgan fingerprint density at radius 3 is 3.00 bits per heavy atom. The number of carbonyl (C=O) groups is 1. The number of allylic oxidation sites excluding steroid dienone is 1. The van der Waals surface area contributed by atoms with Crippen LogP contribution in [0.15, 0.2) is 47.7 Å². The topological polar surface area (TPSA) is 167 Å². The number of aliphatic imine (C=N–C) groups is 1. The lowest BCUT2D eigenvalue weighted by Gasteiger charge is -2.29. The summed E-state index contributed by atoms with van der Waals surface area (Å²) in [6.07, 6.45) is 6.72. The maximum absolute atomic E-state index is 11.8. The van der Waals surface area contributed by atoms with Crippen molar-refractivity contribution < 1.29 is 9.53 Å². The molecule has 8 N–H and O–H groups in total. The van der Waals surface area contributed by atoms with Crippen LogP contribution < -0.4 is 27.8 Å². The van der Waals surface area contributed by atoms with Crippen molar-refractivity contribution in [3.63, 3.8) is 0 Å². The predicted molar refractivity (Wildman–Crippen MR) is 113 cm³/mol. The Kier molecular flexibility index (Phi) is 6.72. The number of primary amides is 1. The average Bonchev–Trinajstić information content (AvgIpc) is 2.70. The van der Waals surface area contributed by atoms with E-state index >= 15 is 0 Å². The number of nitrogens with one attached hydrogen (secondary N) is 2. The SMILES string of the molecule is NC=CC=Nc1cccc(Nc2nc(NC3CCOCC3N)ncc2C(N)=O)c1. The van der Waals surface area contributed by atoms with Crippen LogP contribution in [0.4, 0.5) is 23.1 Å². The number of ether oxygens (including phenoxy) is 1. The molecular weight excluding hydrogens is 372 g/mol. The molecule has 1 aromatic heterocycles. The zero-order valence-corrected chi connectivity index (χ0v) is 15.8. The smallest absolute Gasteiger partial charge is 0.254 e. The van der Waals surface area contributed by atoms with Gasteiger partial charge in [0.25, 0.3) is 5.91 Å². The number of aromatic nitrogens is 2. The summed E-state index contributed by atoms with van der Waals surface area (Å²) in [5.74, 6) is 0.00444. The molecular formula is C19H24N8O2. The summed E-state index contributed by atoms with van der Waals surface area (Å²) >= 11 is 0. The molecule has 1 aliphatic rings. The number of amides is 1. The fourth-order valence-electron chi connectivity index (χ4n) is 2.81. The molecule has 10 nitrogen and oxygen atoms in total. The Hall–Kier alpha value is -3.50. The van der Waals surface area contributed by atoms with Crippen LogP contribution in [0.25, 0.3) is 0 Å². The van der Waals surface area contributed by atoms with E-state index in [1.54, 1.807) is 18.4 Å². The van der Waals surface area contributed by atoms with Crippen molar-refractivity contribution in [1.29, 1.82) is 0 Å². The van der Waals surface area contributed by atoms with Gasteiger partial charge in [0, 0.05) is 36.8 Å². The van der Waals surface area contributed by atoms with Crippen LogP contribution in [0, 0.1) is 0 Å². The Balaban J connectivity index is 1.83. The number of rotatable bonds is 7. The van der Waals surface area contributed by atoms with Gasteiger partial charge in [-0.1, -0.05) is 6.07 Å². The summed E-state index contributed by atoms with van der Waals surface area (Å²) in [5.41, 5.74) is 18.4. The molecule has 0 saturated carbocycles. The number of anilines is 3. The maximum atomic E-state index is 11.8. The third-order valence-electron chi connectivity index (χ3n) is 4.30. The minimum absolute atomic E-state index is 0.0238. The van der Waals surface area contributed by atoms with Gasteiger partial charge in [0.1, 0.15) is 11.4 Å². The average molecular weight is 396 g/mol. The van der Waals surface area contributed by atoms with Gasteiger partial charge in [0.05, 0.1) is 12.3 Å². The molecule has 1 fully saturated rings. The van der Waals surface area contributed by atoms with Crippen molar-refractivity contribution >= 4 is 35.3 Å². The molecule has 152 valence electrons. The third-order valence-corrected chi connectivity index (χ3v) is 4.30. The molecule has 10 heteroatoms. The van der Waals surface area contributed by atoms with Crippen LogP contribution in [-0.4, -0.2) is 47.4 Å². The largest absolute Gasteiger partial charge is 0.405 e. The first kappa shape index (κ1) is 20.2. The lowest BCUT2D eigenvalue weighted by molar-refractivity contribution is 0.0751. The van der Waals surface area contributed by atoms with Crippen LogP contribution in [0.3, 0.4) is 0 Å². The molecule has 0 radical (unpaired) electrons. The van der Waals surface area contributed by atoms with Gasteiger partial charge in [-0.3, -0.25) is 9.79 Å². The monoisotopic (exact) mass is 396 g/mol. The van der Waals surface area contributed by atoms with Crippen LogP contribution in [-0.2, 0) is 4.74 Å². The van der Waals surface area contributed by atoms with E-state index in [2.05, 4.69) is 25.6 Å². The van der Waals surface area contributed by atoms with Crippen LogP contribution in [0.5, 0.6) is 0 Å². The molecule has 1 saturated heterocycles. The van der Waals surface area contributed by atoms with Gasteiger partial charge < -0.3 is 32.6 Å². The highest BCUT2D eigenvalue weighted by Gasteiger charge is 2.23. The summed E-state index contributed by atoms with van der Waals surface area (Å²) in [5, 5.41) is 6.32. The third kappa shape index (κ3) is 5.50. The molecule has 2 atom stereocenters. The van der Waals surface area contributed by atoms with E-state index in [1.807, 2.05) is 18.2 Å². The van der Waals surface area contributed by atoms with E-state index in [9.17, 15) is 4.79 Å². The number of nitrogens with two attached hydrogens (primary N) is 3. The summed E-state index contributed by atoms with van der Waals surface area (Å²) < 4.78 is 5.35. The molecule has 2 aromatic rings. The van der Waals surface area contributed by atoms with E-state index in [1.165, 1.54) is 12.4 Å². The highest BCUT2D eigenvalue weighted by molar-refractivity contribution is 5.98. The van der Waals surface area contributed by atoms with E-state index in [0.29, 0.717) is 36.4 Å². The first-order valence-electron chi connectivity index (χ1n) is 9.11. The molecule has 2 heterocycles. The van der Waals surface area contributed by atoms with E-state index < -0.39 is 5.91 Å². The normalized spacial score (nSPS) is 19.5. The quantitative estimate of drug-likeness (QED) is 0.432. The van der Waals surface area contributed by atoms with Crippen LogP contribution in [0.1, 0.15) is 16.8 Å². The van der Waals surface area contributed by atoms with Gasteiger partial charge in [-0.15, -0.1) is 0 Å². The Bertz CT molecular complexity index is 915. The van der Waals surface area contributed by atoms with E-state index in [0.717, 1.165) is 6.42 Å². The fraction of sp³-hybridized carbons (Fsp3) is 0.263. The van der Waals surface area contributed by atoms with Gasteiger partial charge in [-0.2, -0.15) is 4.98 Å². The van der Waals surface area contributed by atoms with Crippen molar-refractivity contribution in [3.8, 4) is 0 Å². The van der Waals surface area contributed by atoms with Crippen molar-refractivity contribution in [2.75, 3.05) is 23.8 Å². The summed E-state index contributed by atoms with van der Waals surface area (Å²) in [7, 11) is 0. The minimum atomic E-state index is -0.635. The molecule has 1 amide bonds. The first-order valence-corrected chi connectivity index (χ1v) is 9.11. The van der Waals surface area contributed by atoms with E-state index in [-0.39, 0.29) is 17.6 Å². The Morgan fingerprint density at radius 1 is 1.38 bits per heavy atom. The Morgan fingerprint density at radius 2 is 2.24 bits per heavy atom. The van der Waals surface area contributed by atoms with E-state index in [4.69, 9.17) is 21.9 Å². The highest BCUT2D eigenvalue weighted by atomic mass is 16.5. The molecule has 1 aliphatic heterocycles. The molecule has 0 aliphatic carbocycles. The maximum Gasteiger partial charge on any atom is 0.254 e. The van der Waals surface area contributed by atoms with Gasteiger partial charge in [0.15, 0.2) is 0 Å². The van der Waals surface area contributed by atoms with Crippen molar-refractivity contribution in [2.24, 2.45) is 22.2 Å². The summed E-state index contributed by atoms with van der Waals surface area (Å²) in [6, 6.07) is 7.09. The number of nitrogens with zero attached hydrogens (tertiary/aromatic N) is 3. The van der Waals surface area contributed by atoms with Gasteiger partial charge >= 0.3 is 0 Å². The Labute approximate surface area is 168 Å². The lowest BCUT2D eigenvalue weighted by Crippen LogP contribution is -2.47. The van der Waals surface area contributed by atoms with Crippen LogP contribution in [0.2, 0.25) is 0 Å². The van der Waals surface area contributed by atoms with Crippen LogP contribution >= 0.6 is 0 Å². The van der Waals surface area contributed by atoms with Crippen molar-refractivity contribution in [1.82, 2.24) is 9.97 Å². The first-order chi connectivity index (χ1) is 14.1. The second kappa shape index (κ2) is 9.62. The molecule has 2 unspecified atom stereocenters. The molecule has 0 bridgehead atoms. The second-order valence-electron chi connectivity index (χ2n) is 6.44. The summed E-state index contributed by atoms with van der Waals surface area (Å²) in [6.45, 7) is 1.08. The number of carbonyl (C=O) groups excluding carboxylic acids is 1. The number of benzene rings is 1. The zero-order chi connectivity index (χ0) is 20.6. The fourth-order valence-corrected chi connectivity index (χ4v) is 2.81. The zero-order valence-electron chi connectivity index (χ0n) is 15.8. The van der Waals surface area contributed by atoms with Gasteiger partial charge in [0.2, 0.25) is 5.95 Å². The molecule has 0 spiro atoms. The van der Waals surface area contributed by atoms with Gasteiger partial charge in [-0.05, 0) is 36.9 Å². The predicted octanol–water partition coefficient (Wildman–Crippen LogP) is 1.02. The molecule has 3 rings (SSSR count). The molecule has 1 aromatic carbocycles. The highest BCUT2D eigenvalue weighted by Crippen LogP contribution is 2.24. The van der Waals surface area contributed by atoms with Gasteiger partial charge in [-0.25, -0.2) is 4.98 Å². The minimum Gasteiger partial charge on any atom is -0.405 e. The van der Waals surface area contributed by atoms with Crippen molar-refractivity contribution in [2.45, 2.75) is 18.5 Å². The summed E-state index contributed by atoms with van der Waals surface area (Å²) in [4.78, 5) is 24.7. The standard InChI is InChI=1S/C19H24N8O2/c20-6-2-7-23-12-3-1-4-13(9-12)25-18-14(17(22)28)10-24-19(27-18)26-16-5-8-29-11-15(16)21/h1-4,6-7,9-10,15-16H,5,8,11,20-21H2,(H2,22,28)(H2,24,25,26,27). The second-order valence-corrected chi connectivity index (χ2v) is 6.44. The number of hydrogen-bond acceptors (Lipinski definition) is 9.